The van der Waals surface area contributed by atoms with Crippen molar-refractivity contribution in [3.05, 3.63) is 169 Å². The van der Waals surface area contributed by atoms with Gasteiger partial charge in [-0.3, -0.25) is 0 Å². The number of benzene rings is 7. The van der Waals surface area contributed by atoms with E-state index in [4.69, 9.17) is 4.98 Å². The molecule has 248 valence electrons. The SMILES string of the molecule is CC(C)(C)c1ccc(B(c2ccc(C(C)(C)C)cc2)c2cccc(-c3ccc4c(c3)nc(-c3ccccc3)c3ccc5ccccc5c34)c2)cc1. The van der Waals surface area contributed by atoms with Crippen molar-refractivity contribution in [3.8, 4) is 22.4 Å². The van der Waals surface area contributed by atoms with E-state index in [1.54, 1.807) is 0 Å². The molecule has 0 saturated carbocycles. The molecule has 0 atom stereocenters. The van der Waals surface area contributed by atoms with Crippen LogP contribution in [0.15, 0.2) is 158 Å². The van der Waals surface area contributed by atoms with Crippen molar-refractivity contribution in [1.29, 1.82) is 0 Å². The summed E-state index contributed by atoms with van der Waals surface area (Å²) in [5.74, 6) is 0. The van der Waals surface area contributed by atoms with Gasteiger partial charge in [0.15, 0.2) is 0 Å². The Labute approximate surface area is 303 Å². The Hall–Kier alpha value is -5.47. The first-order valence-electron chi connectivity index (χ1n) is 18.2. The molecule has 0 unspecified atom stereocenters. The Morgan fingerprint density at radius 2 is 0.980 bits per heavy atom. The van der Waals surface area contributed by atoms with E-state index in [1.165, 1.54) is 65.6 Å². The highest BCUT2D eigenvalue weighted by atomic mass is 14.7. The average molecular weight is 658 g/mol. The summed E-state index contributed by atoms with van der Waals surface area (Å²) in [6, 6.07) is 58.3. The molecule has 0 aliphatic heterocycles. The molecule has 2 heteroatoms. The van der Waals surface area contributed by atoms with Crippen LogP contribution >= 0.6 is 0 Å². The number of rotatable bonds is 5. The van der Waals surface area contributed by atoms with Gasteiger partial charge in [0.1, 0.15) is 0 Å². The smallest absolute Gasteiger partial charge is 0.241 e. The average Bonchev–Trinajstić information content (AvgIpc) is 3.14. The van der Waals surface area contributed by atoms with E-state index < -0.39 is 0 Å². The second kappa shape index (κ2) is 12.7. The molecular weight excluding hydrogens is 613 g/mol. The first-order valence-corrected chi connectivity index (χ1v) is 18.2. The summed E-state index contributed by atoms with van der Waals surface area (Å²) in [4.78, 5) is 5.38. The van der Waals surface area contributed by atoms with Gasteiger partial charge >= 0.3 is 0 Å². The molecule has 0 fully saturated rings. The third kappa shape index (κ3) is 6.25. The molecule has 1 nitrogen and oxygen atoms in total. The quantitative estimate of drug-likeness (QED) is 0.133. The van der Waals surface area contributed by atoms with Crippen LogP contribution in [0, 0.1) is 0 Å². The second-order valence-corrected chi connectivity index (χ2v) is 16.1. The van der Waals surface area contributed by atoms with E-state index in [0.717, 1.165) is 16.8 Å². The minimum atomic E-state index is 0.102. The van der Waals surface area contributed by atoms with E-state index in [9.17, 15) is 0 Å². The van der Waals surface area contributed by atoms with E-state index in [2.05, 4.69) is 199 Å². The summed E-state index contributed by atoms with van der Waals surface area (Å²) in [5.41, 5.74) is 12.3. The molecular formula is C49H44BN. The summed E-state index contributed by atoms with van der Waals surface area (Å²) in [6.45, 7) is 13.8. The Morgan fingerprint density at radius 3 is 1.63 bits per heavy atom. The van der Waals surface area contributed by atoms with Crippen LogP contribution in [0.1, 0.15) is 52.7 Å². The summed E-state index contributed by atoms with van der Waals surface area (Å²) < 4.78 is 0. The van der Waals surface area contributed by atoms with Crippen LogP contribution in [-0.2, 0) is 10.8 Å². The highest BCUT2D eigenvalue weighted by molar-refractivity contribution is 6.95. The van der Waals surface area contributed by atoms with Crippen molar-refractivity contribution < 1.29 is 0 Å². The molecule has 7 aromatic carbocycles. The van der Waals surface area contributed by atoms with E-state index in [0.29, 0.717) is 0 Å². The number of nitrogens with zero attached hydrogens (tertiary/aromatic N) is 1. The van der Waals surface area contributed by atoms with E-state index in [-0.39, 0.29) is 17.5 Å². The van der Waals surface area contributed by atoms with Gasteiger partial charge in [-0.1, -0.05) is 210 Å². The van der Waals surface area contributed by atoms with Crippen molar-refractivity contribution >= 4 is 55.5 Å². The zero-order valence-electron chi connectivity index (χ0n) is 30.5. The Bertz CT molecular complexity index is 2460. The fraction of sp³-hybridized carbons (Fsp3) is 0.163. The van der Waals surface area contributed by atoms with E-state index >= 15 is 0 Å². The fourth-order valence-corrected chi connectivity index (χ4v) is 7.60. The van der Waals surface area contributed by atoms with Gasteiger partial charge in [-0.2, -0.15) is 0 Å². The van der Waals surface area contributed by atoms with Gasteiger partial charge in [-0.15, -0.1) is 0 Å². The lowest BCUT2D eigenvalue weighted by atomic mass is 9.36. The summed E-state index contributed by atoms with van der Waals surface area (Å²) >= 11 is 0. The monoisotopic (exact) mass is 657 g/mol. The van der Waals surface area contributed by atoms with Gasteiger partial charge in [-0.05, 0) is 49.9 Å². The molecule has 0 N–H and O–H groups in total. The van der Waals surface area contributed by atoms with Crippen LogP contribution < -0.4 is 16.4 Å². The summed E-state index contributed by atoms with van der Waals surface area (Å²) in [7, 11) is 0. The standard InChI is InChI=1S/C49H44BN/c1-48(2,3)37-21-25-39(26-22-37)50(40-27-23-38(24-28-40)49(4,5)6)41-17-12-16-35(31-41)36-20-29-43-45(32-36)51-47(34-14-8-7-9-15-34)44-30-19-33-13-10-11-18-42(33)46(43)44/h7-32H,1-6H3. The van der Waals surface area contributed by atoms with Crippen LogP contribution in [0.2, 0.25) is 0 Å². The minimum absolute atomic E-state index is 0.102. The number of aromatic nitrogens is 1. The van der Waals surface area contributed by atoms with Crippen molar-refractivity contribution in [2.45, 2.75) is 52.4 Å². The maximum atomic E-state index is 5.38. The molecule has 0 amide bonds. The zero-order valence-corrected chi connectivity index (χ0v) is 30.5. The van der Waals surface area contributed by atoms with Gasteiger partial charge in [-0.25, -0.2) is 4.98 Å². The van der Waals surface area contributed by atoms with Crippen LogP contribution in [0.5, 0.6) is 0 Å². The summed E-state index contributed by atoms with van der Waals surface area (Å²) in [5, 5.41) is 6.12. The molecule has 8 rings (SSSR count). The van der Waals surface area contributed by atoms with Crippen molar-refractivity contribution in [3.63, 3.8) is 0 Å². The predicted octanol–water partition coefficient (Wildman–Crippen LogP) is 11.0. The molecule has 1 aromatic heterocycles. The normalized spacial score (nSPS) is 12.1. The Kier molecular flexibility index (Phi) is 8.15. The van der Waals surface area contributed by atoms with Crippen LogP contribution in [-0.4, -0.2) is 11.7 Å². The lowest BCUT2D eigenvalue weighted by Gasteiger charge is -2.23. The molecule has 51 heavy (non-hydrogen) atoms. The molecule has 0 aliphatic carbocycles. The van der Waals surface area contributed by atoms with Gasteiger partial charge in [0.2, 0.25) is 6.71 Å². The highest BCUT2D eigenvalue weighted by Crippen LogP contribution is 2.38. The third-order valence-corrected chi connectivity index (χ3v) is 10.5. The molecule has 0 radical (unpaired) electrons. The highest BCUT2D eigenvalue weighted by Gasteiger charge is 2.24. The zero-order chi connectivity index (χ0) is 35.3. The summed E-state index contributed by atoms with van der Waals surface area (Å²) in [6.07, 6.45) is 0. The fourth-order valence-electron chi connectivity index (χ4n) is 7.60. The van der Waals surface area contributed by atoms with Gasteiger partial charge in [0, 0.05) is 21.7 Å². The van der Waals surface area contributed by atoms with Gasteiger partial charge in [0.05, 0.1) is 11.2 Å². The lowest BCUT2D eigenvalue weighted by Crippen LogP contribution is -2.52. The number of hydrogen-bond acceptors (Lipinski definition) is 1. The van der Waals surface area contributed by atoms with Gasteiger partial charge in [0.25, 0.3) is 0 Å². The Morgan fingerprint density at radius 1 is 0.412 bits per heavy atom. The first kappa shape index (κ1) is 32.7. The first-order chi connectivity index (χ1) is 24.5. The maximum absolute atomic E-state index is 5.38. The topological polar surface area (TPSA) is 12.9 Å². The molecule has 0 aliphatic rings. The Balaban J connectivity index is 1.28. The molecule has 0 saturated heterocycles. The van der Waals surface area contributed by atoms with Gasteiger partial charge < -0.3 is 0 Å². The number of fused-ring (bicyclic) bond motifs is 5. The predicted molar refractivity (Wildman–Crippen MR) is 223 cm³/mol. The van der Waals surface area contributed by atoms with Crippen LogP contribution in [0.25, 0.3) is 54.8 Å². The molecule has 0 spiro atoms. The van der Waals surface area contributed by atoms with Crippen molar-refractivity contribution in [1.82, 2.24) is 4.98 Å². The van der Waals surface area contributed by atoms with E-state index in [1.807, 2.05) is 0 Å². The molecule has 0 bridgehead atoms. The van der Waals surface area contributed by atoms with Crippen molar-refractivity contribution in [2.24, 2.45) is 0 Å². The van der Waals surface area contributed by atoms with Crippen LogP contribution in [0.3, 0.4) is 0 Å². The number of pyridine rings is 1. The second-order valence-electron chi connectivity index (χ2n) is 16.1. The largest absolute Gasteiger partial charge is 0.247 e. The third-order valence-electron chi connectivity index (χ3n) is 10.5. The number of hydrogen-bond donors (Lipinski definition) is 0. The molecule has 1 heterocycles. The molecule has 8 aromatic rings. The maximum Gasteiger partial charge on any atom is 0.241 e. The van der Waals surface area contributed by atoms with Crippen LogP contribution in [0.4, 0.5) is 0 Å². The van der Waals surface area contributed by atoms with Crippen molar-refractivity contribution in [2.75, 3.05) is 0 Å². The minimum Gasteiger partial charge on any atom is -0.247 e. The lowest BCUT2D eigenvalue weighted by molar-refractivity contribution is 0.590.